The largest absolute Gasteiger partial charge is 0.468 e. The third-order valence-corrected chi connectivity index (χ3v) is 4.72. The number of nitrogens with zero attached hydrogens (tertiary/aromatic N) is 1. The van der Waals surface area contributed by atoms with Gasteiger partial charge in [0.1, 0.15) is 0 Å². The quantitative estimate of drug-likeness (QED) is 0.453. The second kappa shape index (κ2) is 4.43. The number of thioether (sulfide) groups is 1. The number of esters is 1. The van der Waals surface area contributed by atoms with Crippen molar-refractivity contribution in [3.8, 4) is 0 Å². The van der Waals surface area contributed by atoms with Crippen molar-refractivity contribution in [3.63, 3.8) is 0 Å². The lowest BCUT2D eigenvalue weighted by atomic mass is 9.98. The Hall–Kier alpha value is -0.710. The summed E-state index contributed by atoms with van der Waals surface area (Å²) in [6.45, 7) is 0. The molecule has 2 aliphatic rings. The van der Waals surface area contributed by atoms with Crippen molar-refractivity contribution >= 4 is 23.4 Å². The summed E-state index contributed by atoms with van der Waals surface area (Å²) in [5.74, 6) is 1.19. The summed E-state index contributed by atoms with van der Waals surface area (Å²) in [5.41, 5.74) is 0.889. The monoisotopic (exact) mass is 229 g/mol. The van der Waals surface area contributed by atoms with Crippen LogP contribution in [0.5, 0.6) is 0 Å². The standard InChI is InChI=1S/C10H15NO3S/c1-14-8(12)5-15-10-7-3-2-6(4-7)9(10)11-13/h6-7,10,13H,2-5H2,1H3/b11-9+/t6-,7+,10+/m0/s1. The highest BCUT2D eigenvalue weighted by molar-refractivity contribution is 8.01. The van der Waals surface area contributed by atoms with Crippen LogP contribution in [0.15, 0.2) is 5.16 Å². The average molecular weight is 229 g/mol. The fourth-order valence-electron chi connectivity index (χ4n) is 2.61. The number of oxime groups is 1. The number of hydrogen-bond donors (Lipinski definition) is 1. The fraction of sp³-hybridized carbons (Fsp3) is 0.800. The van der Waals surface area contributed by atoms with Crippen molar-refractivity contribution in [2.75, 3.05) is 12.9 Å². The van der Waals surface area contributed by atoms with Crippen LogP contribution < -0.4 is 0 Å². The molecule has 2 bridgehead atoms. The van der Waals surface area contributed by atoms with E-state index >= 15 is 0 Å². The van der Waals surface area contributed by atoms with E-state index in [-0.39, 0.29) is 11.2 Å². The Morgan fingerprint density at radius 1 is 1.67 bits per heavy atom. The minimum Gasteiger partial charge on any atom is -0.468 e. The molecule has 0 spiro atoms. The zero-order chi connectivity index (χ0) is 10.8. The molecule has 0 heterocycles. The van der Waals surface area contributed by atoms with E-state index in [9.17, 15) is 4.79 Å². The van der Waals surface area contributed by atoms with E-state index in [1.165, 1.54) is 13.5 Å². The lowest BCUT2D eigenvalue weighted by Crippen LogP contribution is -2.26. The molecule has 0 aromatic rings. The van der Waals surface area contributed by atoms with Crippen LogP contribution in [0.1, 0.15) is 19.3 Å². The molecule has 0 amide bonds. The van der Waals surface area contributed by atoms with Gasteiger partial charge in [-0.3, -0.25) is 4.79 Å². The molecule has 0 radical (unpaired) electrons. The van der Waals surface area contributed by atoms with Crippen LogP contribution in [-0.2, 0) is 9.53 Å². The predicted octanol–water partition coefficient (Wildman–Crippen LogP) is 1.52. The highest BCUT2D eigenvalue weighted by atomic mass is 32.2. The zero-order valence-corrected chi connectivity index (χ0v) is 9.50. The molecule has 2 saturated carbocycles. The first-order valence-corrected chi connectivity index (χ1v) is 6.21. The van der Waals surface area contributed by atoms with Gasteiger partial charge in [0, 0.05) is 5.92 Å². The summed E-state index contributed by atoms with van der Waals surface area (Å²) in [6.07, 6.45) is 3.46. The maximum absolute atomic E-state index is 11.0. The molecule has 2 aliphatic carbocycles. The van der Waals surface area contributed by atoms with Crippen molar-refractivity contribution in [2.24, 2.45) is 17.0 Å². The van der Waals surface area contributed by atoms with E-state index in [1.54, 1.807) is 11.8 Å². The average Bonchev–Trinajstić information content (AvgIpc) is 2.85. The maximum atomic E-state index is 11.0. The van der Waals surface area contributed by atoms with Crippen LogP contribution in [0, 0.1) is 11.8 Å². The number of ether oxygens (including phenoxy) is 1. The van der Waals surface area contributed by atoms with Gasteiger partial charge in [0.2, 0.25) is 0 Å². The normalized spacial score (nSPS) is 36.1. The molecule has 4 nitrogen and oxygen atoms in total. The molecule has 0 saturated heterocycles. The Morgan fingerprint density at radius 3 is 3.13 bits per heavy atom. The zero-order valence-electron chi connectivity index (χ0n) is 8.68. The van der Waals surface area contributed by atoms with E-state index < -0.39 is 0 Å². The molecule has 2 rings (SSSR count). The molecule has 15 heavy (non-hydrogen) atoms. The first-order chi connectivity index (χ1) is 7.26. The van der Waals surface area contributed by atoms with Gasteiger partial charge in [0.25, 0.3) is 0 Å². The van der Waals surface area contributed by atoms with Gasteiger partial charge in [0.05, 0.1) is 23.8 Å². The fourth-order valence-corrected chi connectivity index (χ4v) is 3.97. The van der Waals surface area contributed by atoms with Gasteiger partial charge in [-0.05, 0) is 25.2 Å². The van der Waals surface area contributed by atoms with Crippen LogP contribution in [0.25, 0.3) is 0 Å². The Bertz CT molecular complexity index is 292. The van der Waals surface area contributed by atoms with Crippen molar-refractivity contribution in [3.05, 3.63) is 0 Å². The van der Waals surface area contributed by atoms with Gasteiger partial charge in [0.15, 0.2) is 0 Å². The van der Waals surface area contributed by atoms with Crippen molar-refractivity contribution < 1.29 is 14.7 Å². The van der Waals surface area contributed by atoms with Crippen molar-refractivity contribution in [2.45, 2.75) is 24.5 Å². The van der Waals surface area contributed by atoms with E-state index in [1.807, 2.05) is 0 Å². The van der Waals surface area contributed by atoms with Crippen LogP contribution in [-0.4, -0.2) is 35.0 Å². The Labute approximate surface area is 93.1 Å². The highest BCUT2D eigenvalue weighted by Crippen LogP contribution is 2.47. The van der Waals surface area contributed by atoms with Crippen LogP contribution in [0.3, 0.4) is 0 Å². The van der Waals surface area contributed by atoms with E-state index in [2.05, 4.69) is 9.89 Å². The number of rotatable bonds is 3. The molecule has 0 aromatic heterocycles. The molecule has 0 aromatic carbocycles. The summed E-state index contributed by atoms with van der Waals surface area (Å²) >= 11 is 1.55. The number of hydrogen-bond acceptors (Lipinski definition) is 5. The number of carbonyl (C=O) groups excluding carboxylic acids is 1. The smallest absolute Gasteiger partial charge is 0.315 e. The summed E-state index contributed by atoms with van der Waals surface area (Å²) in [4.78, 5) is 11.0. The molecular formula is C10H15NO3S. The van der Waals surface area contributed by atoms with Gasteiger partial charge >= 0.3 is 5.97 Å². The maximum Gasteiger partial charge on any atom is 0.315 e. The molecule has 3 atom stereocenters. The van der Waals surface area contributed by atoms with Gasteiger partial charge in [-0.15, -0.1) is 11.8 Å². The SMILES string of the molecule is COC(=O)CS[C@H]1/C(=N/O)[C@H]2CC[C@@H]1C2. The summed E-state index contributed by atoms with van der Waals surface area (Å²) in [7, 11) is 1.39. The van der Waals surface area contributed by atoms with Crippen LogP contribution in [0.4, 0.5) is 0 Å². The molecule has 0 aliphatic heterocycles. The Balaban J connectivity index is 1.94. The third kappa shape index (κ3) is 1.97. The first kappa shape index (κ1) is 10.8. The minimum absolute atomic E-state index is 0.208. The number of carbonyl (C=O) groups is 1. The van der Waals surface area contributed by atoms with Gasteiger partial charge in [-0.25, -0.2) is 0 Å². The van der Waals surface area contributed by atoms with Crippen LogP contribution in [0.2, 0.25) is 0 Å². The van der Waals surface area contributed by atoms with Crippen LogP contribution >= 0.6 is 11.8 Å². The second-order valence-corrected chi connectivity index (χ2v) is 5.23. The van der Waals surface area contributed by atoms with Crippen molar-refractivity contribution in [1.82, 2.24) is 0 Å². The van der Waals surface area contributed by atoms with E-state index in [0.717, 1.165) is 18.6 Å². The van der Waals surface area contributed by atoms with Gasteiger partial charge < -0.3 is 9.94 Å². The molecular weight excluding hydrogens is 214 g/mol. The summed E-state index contributed by atoms with van der Waals surface area (Å²) in [6, 6.07) is 0. The first-order valence-electron chi connectivity index (χ1n) is 5.16. The Morgan fingerprint density at radius 2 is 2.47 bits per heavy atom. The summed E-state index contributed by atoms with van der Waals surface area (Å²) in [5, 5.41) is 12.6. The van der Waals surface area contributed by atoms with Gasteiger partial charge in [-0.1, -0.05) is 5.16 Å². The Kier molecular flexibility index (Phi) is 3.19. The molecule has 5 heteroatoms. The molecule has 0 unspecified atom stereocenters. The molecule has 2 fully saturated rings. The van der Waals surface area contributed by atoms with Gasteiger partial charge in [-0.2, -0.15) is 0 Å². The lowest BCUT2D eigenvalue weighted by Gasteiger charge is -2.21. The second-order valence-electron chi connectivity index (χ2n) is 4.10. The predicted molar refractivity (Wildman–Crippen MR) is 58.3 cm³/mol. The number of methoxy groups -OCH3 is 1. The third-order valence-electron chi connectivity index (χ3n) is 3.34. The van der Waals surface area contributed by atoms with Crippen molar-refractivity contribution in [1.29, 1.82) is 0 Å². The van der Waals surface area contributed by atoms with E-state index in [0.29, 0.717) is 17.6 Å². The topological polar surface area (TPSA) is 58.9 Å². The lowest BCUT2D eigenvalue weighted by molar-refractivity contribution is -0.137. The highest BCUT2D eigenvalue weighted by Gasteiger charge is 2.45. The number of fused-ring (bicyclic) bond motifs is 2. The van der Waals surface area contributed by atoms with E-state index in [4.69, 9.17) is 5.21 Å². The molecule has 1 N–H and O–H groups in total. The molecule has 84 valence electrons. The summed E-state index contributed by atoms with van der Waals surface area (Å²) < 4.78 is 4.60. The minimum atomic E-state index is -0.208.